The lowest BCUT2D eigenvalue weighted by Crippen LogP contribution is -2.47. The molecule has 1 amide bonds. The molecule has 7 atom stereocenters. The van der Waals surface area contributed by atoms with Gasteiger partial charge in [0.05, 0.1) is 0 Å². The van der Waals surface area contributed by atoms with Crippen LogP contribution in [0.4, 0.5) is 13.2 Å². The van der Waals surface area contributed by atoms with Crippen molar-refractivity contribution >= 4 is 5.91 Å². The summed E-state index contributed by atoms with van der Waals surface area (Å²) in [5.41, 5.74) is 0. The minimum atomic E-state index is -4.12. The molecular weight excluding hydrogens is 403 g/mol. The molecule has 7 unspecified atom stereocenters. The van der Waals surface area contributed by atoms with E-state index in [0.717, 1.165) is 32.2 Å². The van der Waals surface area contributed by atoms with Gasteiger partial charge >= 0.3 is 6.18 Å². The molecule has 0 spiro atoms. The molecule has 4 nitrogen and oxygen atoms in total. The normalized spacial score (nSPS) is 35.5. The highest BCUT2D eigenvalue weighted by molar-refractivity contribution is 5.81. The Balaban J connectivity index is 1.55. The first-order chi connectivity index (χ1) is 14.4. The second-order valence-electron chi connectivity index (χ2n) is 10.8. The van der Waals surface area contributed by atoms with Crippen LogP contribution in [0.5, 0.6) is 0 Å². The summed E-state index contributed by atoms with van der Waals surface area (Å²) in [6.07, 6.45) is 0.406. The fourth-order valence-electron chi connectivity index (χ4n) is 6.77. The molecule has 3 rings (SSSR count). The van der Waals surface area contributed by atoms with Gasteiger partial charge in [0, 0.05) is 36.1 Å². The number of rotatable bonds is 7. The lowest BCUT2D eigenvalue weighted by Gasteiger charge is -2.36. The van der Waals surface area contributed by atoms with E-state index in [0.29, 0.717) is 42.9 Å². The number of alkyl halides is 3. The highest BCUT2D eigenvalue weighted by Gasteiger charge is 2.48. The monoisotopic (exact) mass is 445 g/mol. The Kier molecular flexibility index (Phi) is 7.67. The van der Waals surface area contributed by atoms with Crippen LogP contribution in [0.2, 0.25) is 0 Å². The molecular formula is C24H42F3N3O. The van der Waals surface area contributed by atoms with Crippen LogP contribution in [0.3, 0.4) is 0 Å². The summed E-state index contributed by atoms with van der Waals surface area (Å²) in [5.74, 6) is 0.797. The highest BCUT2D eigenvalue weighted by atomic mass is 19.4. The topological polar surface area (TPSA) is 26.8 Å². The van der Waals surface area contributed by atoms with Crippen molar-refractivity contribution in [2.24, 2.45) is 11.8 Å². The van der Waals surface area contributed by atoms with E-state index in [2.05, 4.69) is 39.5 Å². The van der Waals surface area contributed by atoms with Gasteiger partial charge in [0.15, 0.2) is 0 Å². The molecule has 0 aromatic heterocycles. The zero-order valence-corrected chi connectivity index (χ0v) is 20.2. The number of halogens is 3. The Hall–Kier alpha value is -0.820. The summed E-state index contributed by atoms with van der Waals surface area (Å²) >= 11 is 0. The Morgan fingerprint density at radius 2 is 1.61 bits per heavy atom. The van der Waals surface area contributed by atoms with Crippen molar-refractivity contribution in [3.05, 3.63) is 0 Å². The first-order valence-electron chi connectivity index (χ1n) is 12.3. The van der Waals surface area contributed by atoms with Crippen molar-refractivity contribution in [1.29, 1.82) is 0 Å². The quantitative estimate of drug-likeness (QED) is 0.556. The van der Waals surface area contributed by atoms with Crippen LogP contribution in [0.25, 0.3) is 0 Å². The van der Waals surface area contributed by atoms with Crippen LogP contribution < -0.4 is 0 Å². The van der Waals surface area contributed by atoms with Gasteiger partial charge in [0.1, 0.15) is 6.04 Å². The summed E-state index contributed by atoms with van der Waals surface area (Å²) in [4.78, 5) is 19.1. The second kappa shape index (κ2) is 9.58. The molecule has 180 valence electrons. The minimum Gasteiger partial charge on any atom is -0.337 e. The summed E-state index contributed by atoms with van der Waals surface area (Å²) in [6.45, 7) is 14.3. The number of hydrogen-bond acceptors (Lipinski definition) is 3. The Morgan fingerprint density at radius 1 is 0.968 bits per heavy atom. The summed E-state index contributed by atoms with van der Waals surface area (Å²) in [6, 6.07) is -0.109. The molecule has 0 radical (unpaired) electrons. The van der Waals surface area contributed by atoms with E-state index in [1.807, 2.05) is 11.8 Å². The number of amides is 1. The standard InChI is InChI=1S/C24H42F3N3O/c1-15(2)30-18(5)14-21(23(30)31)13-16(3)28-11-9-20(19(28)6)12-17(4)29-10-7-8-22(29)24(25,26)27/h15-22H,7-14H2,1-6H3. The van der Waals surface area contributed by atoms with Gasteiger partial charge in [-0.2, -0.15) is 13.2 Å². The molecule has 7 heteroatoms. The molecule has 3 saturated heterocycles. The zero-order valence-electron chi connectivity index (χ0n) is 20.2. The molecule has 0 saturated carbocycles. The van der Waals surface area contributed by atoms with Crippen LogP contribution in [0.1, 0.15) is 80.1 Å². The van der Waals surface area contributed by atoms with Gasteiger partial charge in [-0.15, -0.1) is 0 Å². The van der Waals surface area contributed by atoms with E-state index in [9.17, 15) is 18.0 Å². The Morgan fingerprint density at radius 3 is 2.19 bits per heavy atom. The van der Waals surface area contributed by atoms with Crippen molar-refractivity contribution < 1.29 is 18.0 Å². The minimum absolute atomic E-state index is 0.0475. The third-order valence-electron chi connectivity index (χ3n) is 8.30. The third kappa shape index (κ3) is 5.23. The molecule has 0 aromatic carbocycles. The number of hydrogen-bond donors (Lipinski definition) is 0. The summed E-state index contributed by atoms with van der Waals surface area (Å²) < 4.78 is 40.1. The van der Waals surface area contributed by atoms with E-state index in [-0.39, 0.29) is 24.4 Å². The van der Waals surface area contributed by atoms with Gasteiger partial charge in [-0.1, -0.05) is 0 Å². The van der Waals surface area contributed by atoms with E-state index < -0.39 is 12.2 Å². The summed E-state index contributed by atoms with van der Waals surface area (Å²) in [7, 11) is 0. The molecule has 0 aromatic rings. The number of carbonyl (C=O) groups excluding carboxylic acids is 1. The van der Waals surface area contributed by atoms with Gasteiger partial charge in [0.2, 0.25) is 5.91 Å². The zero-order chi connectivity index (χ0) is 23.1. The fourth-order valence-corrected chi connectivity index (χ4v) is 6.77. The highest BCUT2D eigenvalue weighted by Crippen LogP contribution is 2.38. The molecule has 3 aliphatic heterocycles. The van der Waals surface area contributed by atoms with Gasteiger partial charge < -0.3 is 4.90 Å². The van der Waals surface area contributed by atoms with Gasteiger partial charge in [0.25, 0.3) is 0 Å². The fraction of sp³-hybridized carbons (Fsp3) is 0.958. The maximum Gasteiger partial charge on any atom is 0.404 e. The van der Waals surface area contributed by atoms with Crippen LogP contribution in [0.15, 0.2) is 0 Å². The summed E-state index contributed by atoms with van der Waals surface area (Å²) in [5, 5.41) is 0. The smallest absolute Gasteiger partial charge is 0.337 e. The van der Waals surface area contributed by atoms with Crippen molar-refractivity contribution in [3.8, 4) is 0 Å². The van der Waals surface area contributed by atoms with E-state index in [1.54, 1.807) is 4.90 Å². The number of likely N-dealkylation sites (tertiary alicyclic amines) is 3. The first kappa shape index (κ1) is 24.8. The predicted octanol–water partition coefficient (Wildman–Crippen LogP) is 4.93. The average Bonchev–Trinajstić information content (AvgIpc) is 3.34. The molecule has 0 bridgehead atoms. The molecule has 3 aliphatic rings. The van der Waals surface area contributed by atoms with Crippen LogP contribution in [-0.4, -0.2) is 76.1 Å². The SMILES string of the molecule is CC(CC1CC(C)N(C(C)C)C1=O)N1CCC(CC(C)N2CCCC2C(F)(F)F)C1C. The number of nitrogens with zero attached hydrogens (tertiary/aromatic N) is 3. The van der Waals surface area contributed by atoms with Crippen LogP contribution >= 0.6 is 0 Å². The lowest BCUT2D eigenvalue weighted by molar-refractivity contribution is -0.181. The van der Waals surface area contributed by atoms with Crippen molar-refractivity contribution in [1.82, 2.24) is 14.7 Å². The second-order valence-corrected chi connectivity index (χ2v) is 10.8. The van der Waals surface area contributed by atoms with Crippen molar-refractivity contribution in [2.75, 3.05) is 13.1 Å². The third-order valence-corrected chi connectivity index (χ3v) is 8.30. The Bertz CT molecular complexity index is 626. The van der Waals surface area contributed by atoms with Gasteiger partial charge in [-0.05, 0) is 99.1 Å². The van der Waals surface area contributed by atoms with Crippen LogP contribution in [0, 0.1) is 11.8 Å². The molecule has 3 heterocycles. The maximum absolute atomic E-state index is 13.4. The maximum atomic E-state index is 13.4. The molecule has 3 fully saturated rings. The average molecular weight is 446 g/mol. The number of carbonyl (C=O) groups is 1. The van der Waals surface area contributed by atoms with Gasteiger partial charge in [-0.3, -0.25) is 14.6 Å². The van der Waals surface area contributed by atoms with Crippen LogP contribution in [-0.2, 0) is 4.79 Å². The van der Waals surface area contributed by atoms with Crippen molar-refractivity contribution in [3.63, 3.8) is 0 Å². The first-order valence-corrected chi connectivity index (χ1v) is 12.3. The van der Waals surface area contributed by atoms with Gasteiger partial charge in [-0.25, -0.2) is 0 Å². The van der Waals surface area contributed by atoms with Crippen molar-refractivity contribution in [2.45, 2.75) is 122 Å². The largest absolute Gasteiger partial charge is 0.404 e. The Labute approximate surface area is 186 Å². The predicted molar refractivity (Wildman–Crippen MR) is 118 cm³/mol. The lowest BCUT2D eigenvalue weighted by atomic mass is 9.92. The molecule has 0 N–H and O–H groups in total. The van der Waals surface area contributed by atoms with E-state index in [1.165, 1.54) is 0 Å². The molecule has 31 heavy (non-hydrogen) atoms. The van der Waals surface area contributed by atoms with E-state index >= 15 is 0 Å². The van der Waals surface area contributed by atoms with E-state index in [4.69, 9.17) is 0 Å². The molecule has 0 aliphatic carbocycles.